The number of hydrogen-bond donors (Lipinski definition) is 1. The zero-order valence-electron chi connectivity index (χ0n) is 17.9. The molecule has 2 heterocycles. The number of amides is 1. The fraction of sp³-hybridized carbons (Fsp3) is 0.208. The molecule has 0 aliphatic carbocycles. The molecule has 4 aromatic rings. The number of carbonyl (C=O) groups excluding carboxylic acids is 1. The number of hydrogen-bond acceptors (Lipinski definition) is 5. The molecule has 0 atom stereocenters. The lowest BCUT2D eigenvalue weighted by Gasteiger charge is -2.13. The van der Waals surface area contributed by atoms with Gasteiger partial charge < -0.3 is 14.8 Å². The number of benzene rings is 2. The predicted octanol–water partition coefficient (Wildman–Crippen LogP) is 2.56. The molecule has 4 rings (SSSR count). The SMILES string of the molecule is COc1ccc(CCNC(=O)Cn2c3ncccc3c(=O)n2-c2ccccc2)cc1OC. The Morgan fingerprint density at radius 3 is 2.53 bits per heavy atom. The summed E-state index contributed by atoms with van der Waals surface area (Å²) in [6, 6.07) is 18.3. The number of para-hydroxylation sites is 1. The van der Waals surface area contributed by atoms with Crippen molar-refractivity contribution in [3.05, 3.63) is 82.8 Å². The van der Waals surface area contributed by atoms with Gasteiger partial charge in [-0.2, -0.15) is 0 Å². The van der Waals surface area contributed by atoms with E-state index < -0.39 is 0 Å². The van der Waals surface area contributed by atoms with Crippen LogP contribution in [0.25, 0.3) is 16.7 Å². The number of methoxy groups -OCH3 is 2. The summed E-state index contributed by atoms with van der Waals surface area (Å²) in [6.45, 7) is 0.410. The largest absolute Gasteiger partial charge is 0.493 e. The predicted molar refractivity (Wildman–Crippen MR) is 122 cm³/mol. The third-order valence-corrected chi connectivity index (χ3v) is 5.17. The second-order valence-electron chi connectivity index (χ2n) is 7.17. The molecule has 0 spiro atoms. The minimum Gasteiger partial charge on any atom is -0.493 e. The van der Waals surface area contributed by atoms with Gasteiger partial charge in [-0.15, -0.1) is 0 Å². The van der Waals surface area contributed by atoms with Crippen LogP contribution in [0, 0.1) is 0 Å². The Morgan fingerprint density at radius 1 is 1.00 bits per heavy atom. The highest BCUT2D eigenvalue weighted by molar-refractivity contribution is 5.80. The Morgan fingerprint density at radius 2 is 1.78 bits per heavy atom. The number of aromatic nitrogens is 3. The monoisotopic (exact) mass is 432 g/mol. The quantitative estimate of drug-likeness (QED) is 0.462. The van der Waals surface area contributed by atoms with E-state index in [4.69, 9.17) is 9.47 Å². The Labute approximate surface area is 185 Å². The Balaban J connectivity index is 1.51. The summed E-state index contributed by atoms with van der Waals surface area (Å²) in [5.41, 5.74) is 1.94. The van der Waals surface area contributed by atoms with Gasteiger partial charge in [0, 0.05) is 12.7 Å². The van der Waals surface area contributed by atoms with Crippen LogP contribution in [-0.2, 0) is 17.8 Å². The van der Waals surface area contributed by atoms with Gasteiger partial charge in [0.25, 0.3) is 5.56 Å². The number of ether oxygens (including phenoxy) is 2. The molecule has 1 N–H and O–H groups in total. The average Bonchev–Trinajstić information content (AvgIpc) is 3.11. The summed E-state index contributed by atoms with van der Waals surface area (Å²) in [4.78, 5) is 30.1. The molecule has 2 aromatic carbocycles. The molecule has 8 nitrogen and oxygen atoms in total. The number of rotatable bonds is 8. The zero-order chi connectivity index (χ0) is 22.5. The van der Waals surface area contributed by atoms with Crippen LogP contribution in [0.3, 0.4) is 0 Å². The van der Waals surface area contributed by atoms with Crippen LogP contribution in [0.15, 0.2) is 71.7 Å². The fourth-order valence-corrected chi connectivity index (χ4v) is 3.63. The van der Waals surface area contributed by atoms with E-state index in [0.717, 1.165) is 5.56 Å². The molecule has 164 valence electrons. The van der Waals surface area contributed by atoms with Gasteiger partial charge in [-0.1, -0.05) is 24.3 Å². The van der Waals surface area contributed by atoms with Gasteiger partial charge in [0.05, 0.1) is 25.3 Å². The minimum absolute atomic E-state index is 0.0312. The lowest BCUT2D eigenvalue weighted by atomic mass is 10.1. The Hall–Kier alpha value is -4.07. The molecule has 0 aliphatic rings. The van der Waals surface area contributed by atoms with E-state index in [1.165, 1.54) is 4.68 Å². The first-order valence-corrected chi connectivity index (χ1v) is 10.2. The van der Waals surface area contributed by atoms with E-state index in [1.54, 1.807) is 37.2 Å². The van der Waals surface area contributed by atoms with Gasteiger partial charge in [-0.25, -0.2) is 9.67 Å². The second kappa shape index (κ2) is 9.38. The summed E-state index contributed by atoms with van der Waals surface area (Å²) < 4.78 is 13.7. The third-order valence-electron chi connectivity index (χ3n) is 5.17. The zero-order valence-corrected chi connectivity index (χ0v) is 17.9. The number of fused-ring (bicyclic) bond motifs is 1. The summed E-state index contributed by atoms with van der Waals surface area (Å²) in [5, 5.41) is 3.39. The van der Waals surface area contributed by atoms with Crippen molar-refractivity contribution >= 4 is 16.9 Å². The number of pyridine rings is 1. The molecule has 0 aliphatic heterocycles. The molecular formula is C24H24N4O4. The molecule has 0 saturated carbocycles. The first kappa shape index (κ1) is 21.2. The third kappa shape index (κ3) is 4.20. The van der Waals surface area contributed by atoms with Crippen molar-refractivity contribution < 1.29 is 14.3 Å². The van der Waals surface area contributed by atoms with Crippen molar-refractivity contribution in [3.63, 3.8) is 0 Å². The number of carbonyl (C=O) groups is 1. The highest BCUT2D eigenvalue weighted by atomic mass is 16.5. The van der Waals surface area contributed by atoms with E-state index in [2.05, 4.69) is 10.3 Å². The Bertz CT molecular complexity index is 1290. The topological polar surface area (TPSA) is 87.4 Å². The number of nitrogens with one attached hydrogen (secondary N) is 1. The van der Waals surface area contributed by atoms with Crippen molar-refractivity contribution in [1.82, 2.24) is 19.7 Å². The molecule has 0 bridgehead atoms. The highest BCUT2D eigenvalue weighted by Crippen LogP contribution is 2.27. The van der Waals surface area contributed by atoms with E-state index in [0.29, 0.717) is 41.2 Å². The lowest BCUT2D eigenvalue weighted by molar-refractivity contribution is -0.121. The first-order valence-electron chi connectivity index (χ1n) is 10.2. The van der Waals surface area contributed by atoms with Crippen molar-refractivity contribution in [1.29, 1.82) is 0 Å². The van der Waals surface area contributed by atoms with Crippen LogP contribution in [0.2, 0.25) is 0 Å². The van der Waals surface area contributed by atoms with Crippen molar-refractivity contribution in [2.75, 3.05) is 20.8 Å². The van der Waals surface area contributed by atoms with Gasteiger partial charge in [-0.05, 0) is 48.4 Å². The summed E-state index contributed by atoms with van der Waals surface area (Å²) in [6.07, 6.45) is 2.24. The van der Waals surface area contributed by atoms with E-state index in [1.807, 2.05) is 48.5 Å². The van der Waals surface area contributed by atoms with Crippen molar-refractivity contribution in [3.8, 4) is 17.2 Å². The van der Waals surface area contributed by atoms with Crippen LogP contribution in [0.1, 0.15) is 5.56 Å². The first-order chi connectivity index (χ1) is 15.6. The molecule has 32 heavy (non-hydrogen) atoms. The highest BCUT2D eigenvalue weighted by Gasteiger charge is 2.17. The van der Waals surface area contributed by atoms with Crippen LogP contribution in [-0.4, -0.2) is 41.0 Å². The van der Waals surface area contributed by atoms with Crippen LogP contribution in [0.4, 0.5) is 0 Å². The molecular weight excluding hydrogens is 408 g/mol. The molecule has 0 saturated heterocycles. The van der Waals surface area contributed by atoms with Crippen LogP contribution >= 0.6 is 0 Å². The van der Waals surface area contributed by atoms with Crippen LogP contribution in [0.5, 0.6) is 11.5 Å². The molecule has 2 aromatic heterocycles. The maximum atomic E-state index is 13.0. The van der Waals surface area contributed by atoms with Gasteiger partial charge in [0.2, 0.25) is 5.91 Å². The van der Waals surface area contributed by atoms with Gasteiger partial charge in [0.15, 0.2) is 17.1 Å². The summed E-state index contributed by atoms with van der Waals surface area (Å²) >= 11 is 0. The van der Waals surface area contributed by atoms with Gasteiger partial charge >= 0.3 is 0 Å². The molecule has 0 unspecified atom stereocenters. The standard InChI is InChI=1S/C24H24N4O4/c1-31-20-11-10-17(15-21(20)32-2)12-14-25-22(29)16-27-23-19(9-6-13-26-23)24(30)28(27)18-7-4-3-5-8-18/h3-11,13,15H,12,14,16H2,1-2H3,(H,25,29). The van der Waals surface area contributed by atoms with Crippen LogP contribution < -0.4 is 20.3 Å². The molecule has 0 radical (unpaired) electrons. The van der Waals surface area contributed by atoms with Gasteiger partial charge in [-0.3, -0.25) is 14.3 Å². The smallest absolute Gasteiger partial charge is 0.280 e. The van der Waals surface area contributed by atoms with Gasteiger partial charge in [0.1, 0.15) is 6.54 Å². The van der Waals surface area contributed by atoms with E-state index in [9.17, 15) is 9.59 Å². The molecule has 1 amide bonds. The fourth-order valence-electron chi connectivity index (χ4n) is 3.63. The molecule has 8 heteroatoms. The minimum atomic E-state index is -0.211. The van der Waals surface area contributed by atoms with Crippen molar-refractivity contribution in [2.45, 2.75) is 13.0 Å². The van der Waals surface area contributed by atoms with Crippen molar-refractivity contribution in [2.24, 2.45) is 0 Å². The lowest BCUT2D eigenvalue weighted by Crippen LogP contribution is -2.32. The molecule has 0 fully saturated rings. The summed E-state index contributed by atoms with van der Waals surface area (Å²) in [7, 11) is 3.18. The second-order valence-corrected chi connectivity index (χ2v) is 7.17. The summed E-state index contributed by atoms with van der Waals surface area (Å²) in [5.74, 6) is 1.09. The average molecular weight is 432 g/mol. The normalized spacial score (nSPS) is 10.8. The van der Waals surface area contributed by atoms with E-state index >= 15 is 0 Å². The maximum Gasteiger partial charge on any atom is 0.280 e. The number of nitrogens with zero attached hydrogens (tertiary/aromatic N) is 3. The maximum absolute atomic E-state index is 13.0. The van der Waals surface area contributed by atoms with E-state index in [-0.39, 0.29) is 18.0 Å². The Kier molecular flexibility index (Phi) is 6.21.